The second-order valence-corrected chi connectivity index (χ2v) is 6.56. The Kier molecular flexibility index (Phi) is 3.14. The van der Waals surface area contributed by atoms with Crippen LogP contribution >= 0.6 is 0 Å². The number of carbonyl (C=O) groups is 1. The summed E-state index contributed by atoms with van der Waals surface area (Å²) in [5.41, 5.74) is -0.508. The van der Waals surface area contributed by atoms with Gasteiger partial charge in [0.1, 0.15) is 0 Å². The van der Waals surface area contributed by atoms with E-state index in [1.807, 2.05) is 20.8 Å². The van der Waals surface area contributed by atoms with Crippen molar-refractivity contribution < 1.29 is 18.0 Å². The summed E-state index contributed by atoms with van der Waals surface area (Å²) >= 11 is 0. The minimum atomic E-state index is -4.11. The molecular formula is C13H20F3NO. The molecule has 104 valence electrons. The molecule has 0 spiro atoms. The van der Waals surface area contributed by atoms with E-state index in [1.54, 1.807) is 4.90 Å². The van der Waals surface area contributed by atoms with E-state index in [4.69, 9.17) is 0 Å². The van der Waals surface area contributed by atoms with E-state index in [2.05, 4.69) is 0 Å². The summed E-state index contributed by atoms with van der Waals surface area (Å²) in [4.78, 5) is 14.0. The molecule has 2 bridgehead atoms. The number of carbonyl (C=O) groups excluding carboxylic acids is 1. The first-order chi connectivity index (χ1) is 8.10. The van der Waals surface area contributed by atoms with Gasteiger partial charge >= 0.3 is 6.18 Å². The van der Waals surface area contributed by atoms with Crippen LogP contribution in [0.15, 0.2) is 0 Å². The van der Waals surface area contributed by atoms with E-state index in [9.17, 15) is 18.0 Å². The third kappa shape index (κ3) is 2.36. The van der Waals surface area contributed by atoms with Crippen LogP contribution in [0.3, 0.4) is 0 Å². The molecule has 2 aliphatic rings. The molecule has 2 rings (SSSR count). The SMILES string of the molecule is CC(C)(C)C(=O)N1C2CCC1CC(C(F)(F)F)C2. The molecule has 2 heterocycles. The van der Waals surface area contributed by atoms with E-state index in [1.165, 1.54) is 0 Å². The Bertz CT molecular complexity index is 331. The summed E-state index contributed by atoms with van der Waals surface area (Å²) in [7, 11) is 0. The van der Waals surface area contributed by atoms with E-state index >= 15 is 0 Å². The standard InChI is InChI=1S/C13H20F3NO/c1-12(2,3)11(18)17-9-4-5-10(17)7-8(6-9)13(14,15)16/h8-10H,4-7H2,1-3H3. The molecule has 0 saturated carbocycles. The van der Waals surface area contributed by atoms with E-state index in [0.29, 0.717) is 0 Å². The fourth-order valence-electron chi connectivity index (χ4n) is 3.16. The van der Waals surface area contributed by atoms with Gasteiger partial charge in [-0.2, -0.15) is 13.2 Å². The first-order valence-electron chi connectivity index (χ1n) is 6.50. The zero-order valence-corrected chi connectivity index (χ0v) is 11.0. The average Bonchev–Trinajstić information content (AvgIpc) is 2.43. The van der Waals surface area contributed by atoms with Gasteiger partial charge in [0.05, 0.1) is 5.92 Å². The molecule has 2 aliphatic heterocycles. The number of hydrogen-bond acceptors (Lipinski definition) is 1. The van der Waals surface area contributed by atoms with Gasteiger partial charge in [-0.3, -0.25) is 4.79 Å². The maximum atomic E-state index is 12.8. The van der Waals surface area contributed by atoms with Crippen molar-refractivity contribution in [2.45, 2.75) is 64.7 Å². The lowest BCUT2D eigenvalue weighted by Crippen LogP contribution is -2.52. The summed E-state index contributed by atoms with van der Waals surface area (Å²) in [6, 6.07) is -0.413. The highest BCUT2D eigenvalue weighted by Crippen LogP contribution is 2.46. The minimum Gasteiger partial charge on any atom is -0.336 e. The lowest BCUT2D eigenvalue weighted by Gasteiger charge is -2.42. The Hall–Kier alpha value is -0.740. The van der Waals surface area contributed by atoms with Gasteiger partial charge in [-0.05, 0) is 25.7 Å². The van der Waals surface area contributed by atoms with Crippen molar-refractivity contribution in [3.8, 4) is 0 Å². The van der Waals surface area contributed by atoms with Gasteiger partial charge in [0.15, 0.2) is 0 Å². The van der Waals surface area contributed by atoms with Crippen LogP contribution in [0, 0.1) is 11.3 Å². The van der Waals surface area contributed by atoms with E-state index < -0.39 is 17.5 Å². The highest BCUT2D eigenvalue weighted by molar-refractivity contribution is 5.82. The number of piperidine rings is 1. The second kappa shape index (κ2) is 4.14. The quantitative estimate of drug-likeness (QED) is 0.656. The fraction of sp³-hybridized carbons (Fsp3) is 0.923. The van der Waals surface area contributed by atoms with Crippen molar-refractivity contribution >= 4 is 5.91 Å². The normalized spacial score (nSPS) is 32.8. The van der Waals surface area contributed by atoms with Gasteiger partial charge in [-0.25, -0.2) is 0 Å². The summed E-state index contributed by atoms with van der Waals surface area (Å²) in [6.45, 7) is 5.47. The molecule has 0 radical (unpaired) electrons. The summed E-state index contributed by atoms with van der Waals surface area (Å²) < 4.78 is 38.3. The van der Waals surface area contributed by atoms with Crippen LogP contribution in [0.25, 0.3) is 0 Å². The predicted molar refractivity (Wildman–Crippen MR) is 61.9 cm³/mol. The summed E-state index contributed by atoms with van der Waals surface area (Å²) in [5, 5.41) is 0. The predicted octanol–water partition coefficient (Wildman–Crippen LogP) is 3.36. The van der Waals surface area contributed by atoms with Crippen molar-refractivity contribution in [2.24, 2.45) is 11.3 Å². The molecule has 2 unspecified atom stereocenters. The maximum Gasteiger partial charge on any atom is 0.391 e. The number of amides is 1. The first-order valence-corrected chi connectivity index (χ1v) is 6.50. The Balaban J connectivity index is 2.14. The number of halogens is 3. The second-order valence-electron chi connectivity index (χ2n) is 6.56. The van der Waals surface area contributed by atoms with E-state index in [-0.39, 0.29) is 30.8 Å². The molecule has 2 nitrogen and oxygen atoms in total. The molecule has 0 aromatic rings. The van der Waals surface area contributed by atoms with Gasteiger partial charge in [-0.15, -0.1) is 0 Å². The molecule has 0 aromatic carbocycles. The van der Waals surface area contributed by atoms with Crippen molar-refractivity contribution in [3.63, 3.8) is 0 Å². The Labute approximate surface area is 106 Å². The topological polar surface area (TPSA) is 20.3 Å². The average molecular weight is 263 g/mol. The molecule has 2 saturated heterocycles. The van der Waals surface area contributed by atoms with Crippen molar-refractivity contribution in [1.82, 2.24) is 4.90 Å². The lowest BCUT2D eigenvalue weighted by molar-refractivity contribution is -0.194. The third-order valence-corrected chi connectivity index (χ3v) is 4.07. The monoisotopic (exact) mass is 263 g/mol. The number of alkyl halides is 3. The van der Waals surface area contributed by atoms with Gasteiger partial charge in [-0.1, -0.05) is 20.8 Å². The largest absolute Gasteiger partial charge is 0.391 e. The molecule has 0 N–H and O–H groups in total. The number of nitrogens with zero attached hydrogens (tertiary/aromatic N) is 1. The number of rotatable bonds is 0. The molecule has 0 aromatic heterocycles. The highest BCUT2D eigenvalue weighted by atomic mass is 19.4. The summed E-state index contributed by atoms with van der Waals surface area (Å²) in [6.07, 6.45) is -2.50. The zero-order valence-electron chi connectivity index (χ0n) is 11.0. The summed E-state index contributed by atoms with van der Waals surface area (Å²) in [5.74, 6) is -1.23. The van der Waals surface area contributed by atoms with E-state index in [0.717, 1.165) is 12.8 Å². The molecule has 2 fully saturated rings. The van der Waals surface area contributed by atoms with Crippen molar-refractivity contribution in [3.05, 3.63) is 0 Å². The lowest BCUT2D eigenvalue weighted by atomic mass is 9.86. The number of hydrogen-bond donors (Lipinski definition) is 0. The van der Waals surface area contributed by atoms with Gasteiger partial charge in [0.25, 0.3) is 0 Å². The van der Waals surface area contributed by atoms with Crippen molar-refractivity contribution in [1.29, 1.82) is 0 Å². The van der Waals surface area contributed by atoms with Crippen LogP contribution in [-0.4, -0.2) is 29.1 Å². The van der Waals surface area contributed by atoms with Crippen molar-refractivity contribution in [2.75, 3.05) is 0 Å². The highest BCUT2D eigenvalue weighted by Gasteiger charge is 2.52. The molecule has 18 heavy (non-hydrogen) atoms. The molecule has 5 heteroatoms. The smallest absolute Gasteiger partial charge is 0.336 e. The van der Waals surface area contributed by atoms with Gasteiger partial charge in [0.2, 0.25) is 5.91 Å². The fourth-order valence-corrected chi connectivity index (χ4v) is 3.16. The van der Waals surface area contributed by atoms with Crippen LogP contribution in [-0.2, 0) is 4.79 Å². The van der Waals surface area contributed by atoms with Crippen LogP contribution in [0.1, 0.15) is 46.5 Å². The van der Waals surface area contributed by atoms with Gasteiger partial charge in [0, 0.05) is 17.5 Å². The maximum absolute atomic E-state index is 12.8. The van der Waals surface area contributed by atoms with Crippen LogP contribution < -0.4 is 0 Å². The molecule has 0 aliphatic carbocycles. The number of fused-ring (bicyclic) bond motifs is 2. The Morgan fingerprint density at radius 1 is 1.06 bits per heavy atom. The minimum absolute atomic E-state index is 0.00405. The molecule has 1 amide bonds. The third-order valence-electron chi connectivity index (χ3n) is 4.07. The van der Waals surface area contributed by atoms with Crippen LogP contribution in [0.5, 0.6) is 0 Å². The molecular weight excluding hydrogens is 243 g/mol. The Morgan fingerprint density at radius 3 is 1.83 bits per heavy atom. The molecule has 2 atom stereocenters. The van der Waals surface area contributed by atoms with Crippen LogP contribution in [0.2, 0.25) is 0 Å². The Morgan fingerprint density at radius 2 is 1.50 bits per heavy atom. The first kappa shape index (κ1) is 13.7. The van der Waals surface area contributed by atoms with Crippen LogP contribution in [0.4, 0.5) is 13.2 Å². The van der Waals surface area contributed by atoms with Gasteiger partial charge < -0.3 is 4.90 Å². The zero-order chi connectivity index (χ0) is 13.7.